The highest BCUT2D eigenvalue weighted by atomic mass is 32.2. The maximum atomic E-state index is 13.4. The molecule has 0 radical (unpaired) electrons. The largest absolute Gasteiger partial charge is 0.379 e. The van der Waals surface area contributed by atoms with E-state index in [0.717, 1.165) is 40.3 Å². The summed E-state index contributed by atoms with van der Waals surface area (Å²) < 4.78 is 31.9. The molecule has 4 rings (SSSR count). The van der Waals surface area contributed by atoms with Crippen molar-refractivity contribution in [3.63, 3.8) is 0 Å². The summed E-state index contributed by atoms with van der Waals surface area (Å²) in [6.07, 6.45) is 2.44. The van der Waals surface area contributed by atoms with Crippen molar-refractivity contribution < 1.29 is 17.9 Å². The molecule has 0 aliphatic carbocycles. The molecule has 2 aromatic carbocycles. The fourth-order valence-electron chi connectivity index (χ4n) is 4.00. The molecule has 1 fully saturated rings. The van der Waals surface area contributed by atoms with Crippen molar-refractivity contribution >= 4 is 54.2 Å². The molecular weight excluding hydrogens is 502 g/mol. The molecule has 188 valence electrons. The zero-order chi connectivity index (χ0) is 24.8. The number of para-hydroxylation sites is 1. The average Bonchev–Trinajstić information content (AvgIpc) is 3.29. The van der Waals surface area contributed by atoms with E-state index in [9.17, 15) is 13.2 Å². The third kappa shape index (κ3) is 6.62. The molecule has 1 saturated heterocycles. The second-order valence-electron chi connectivity index (χ2n) is 8.54. The Morgan fingerprint density at radius 2 is 1.91 bits per heavy atom. The summed E-state index contributed by atoms with van der Waals surface area (Å²) in [7, 11) is -3.43. The van der Waals surface area contributed by atoms with Gasteiger partial charge in [0.2, 0.25) is 5.91 Å². The van der Waals surface area contributed by atoms with Gasteiger partial charge in [-0.3, -0.25) is 14.6 Å². The van der Waals surface area contributed by atoms with Crippen LogP contribution in [0.4, 0.5) is 5.13 Å². The lowest BCUT2D eigenvalue weighted by Crippen LogP contribution is -2.43. The minimum absolute atomic E-state index is 0.0599. The Kier molecular flexibility index (Phi) is 8.82. The van der Waals surface area contributed by atoms with Gasteiger partial charge in [-0.2, -0.15) is 0 Å². The molecule has 2 heterocycles. The van der Waals surface area contributed by atoms with Crippen molar-refractivity contribution in [1.82, 2.24) is 9.88 Å². The van der Waals surface area contributed by atoms with Gasteiger partial charge in [0.25, 0.3) is 0 Å². The number of hydrogen-bond donors (Lipinski definition) is 0. The Morgan fingerprint density at radius 3 is 2.63 bits per heavy atom. The van der Waals surface area contributed by atoms with Gasteiger partial charge in [0, 0.05) is 37.5 Å². The van der Waals surface area contributed by atoms with E-state index in [-0.39, 0.29) is 24.5 Å². The van der Waals surface area contributed by atoms with Gasteiger partial charge in [0.1, 0.15) is 0 Å². The van der Waals surface area contributed by atoms with Crippen LogP contribution in [0.3, 0.4) is 0 Å². The molecule has 0 saturated carbocycles. The van der Waals surface area contributed by atoms with Crippen molar-refractivity contribution in [2.45, 2.75) is 29.6 Å². The smallest absolute Gasteiger partial charge is 0.228 e. The topological polar surface area (TPSA) is 79.8 Å². The molecule has 10 heteroatoms. The van der Waals surface area contributed by atoms with Gasteiger partial charge in [0.15, 0.2) is 15.0 Å². The van der Waals surface area contributed by atoms with Gasteiger partial charge >= 0.3 is 0 Å². The minimum Gasteiger partial charge on any atom is -0.379 e. The molecule has 1 aliphatic rings. The Labute approximate surface area is 215 Å². The fraction of sp³-hybridized carbons (Fsp3) is 0.440. The summed E-state index contributed by atoms with van der Waals surface area (Å²) >= 11 is 3.14. The number of morpholine rings is 1. The summed E-state index contributed by atoms with van der Waals surface area (Å²) in [5.41, 5.74) is 1.92. The lowest BCUT2D eigenvalue weighted by molar-refractivity contribution is -0.118. The molecule has 0 N–H and O–H groups in total. The number of benzene rings is 2. The highest BCUT2D eigenvalue weighted by molar-refractivity contribution is 7.98. The Balaban J connectivity index is 1.48. The van der Waals surface area contributed by atoms with E-state index in [2.05, 4.69) is 4.90 Å². The van der Waals surface area contributed by atoms with Crippen molar-refractivity contribution in [1.29, 1.82) is 0 Å². The van der Waals surface area contributed by atoms with Gasteiger partial charge in [-0.1, -0.05) is 35.1 Å². The molecule has 3 aromatic rings. The number of aryl methyl sites for hydroxylation is 1. The van der Waals surface area contributed by atoms with Crippen molar-refractivity contribution in [2.75, 3.05) is 56.3 Å². The quantitative estimate of drug-likeness (QED) is 0.361. The number of hydrogen-bond acceptors (Lipinski definition) is 8. The number of thiazole rings is 1. The zero-order valence-electron chi connectivity index (χ0n) is 20.1. The highest BCUT2D eigenvalue weighted by Crippen LogP contribution is 2.34. The summed E-state index contributed by atoms with van der Waals surface area (Å²) in [6, 6.07) is 12.9. The number of aromatic nitrogens is 1. The number of amides is 1. The second-order valence-corrected chi connectivity index (χ2v) is 12.5. The monoisotopic (exact) mass is 533 g/mol. The van der Waals surface area contributed by atoms with Crippen molar-refractivity contribution in [3.8, 4) is 0 Å². The van der Waals surface area contributed by atoms with Gasteiger partial charge in [-0.05, 0) is 43.9 Å². The first-order valence-electron chi connectivity index (χ1n) is 11.7. The van der Waals surface area contributed by atoms with Gasteiger partial charge in [-0.15, -0.1) is 11.8 Å². The van der Waals surface area contributed by atoms with Crippen molar-refractivity contribution in [2.24, 2.45) is 0 Å². The highest BCUT2D eigenvalue weighted by Gasteiger charge is 2.23. The van der Waals surface area contributed by atoms with Gasteiger partial charge in [0.05, 0.1) is 34.1 Å². The number of fused-ring (bicyclic) bond motifs is 1. The van der Waals surface area contributed by atoms with Crippen LogP contribution in [0.15, 0.2) is 52.3 Å². The molecule has 35 heavy (non-hydrogen) atoms. The fourth-order valence-corrected chi connectivity index (χ4v) is 6.97. The Bertz CT molecular complexity index is 1250. The normalized spacial score (nSPS) is 14.9. The SMILES string of the molecule is CSc1cccc2sc(N(CCN3CCOCC3)C(=O)CCCS(=O)(=O)c3ccc(C)cc3)nc12. The molecule has 0 bridgehead atoms. The summed E-state index contributed by atoms with van der Waals surface area (Å²) in [5, 5.41) is 0.668. The third-order valence-electron chi connectivity index (χ3n) is 6.05. The van der Waals surface area contributed by atoms with Crippen LogP contribution >= 0.6 is 23.1 Å². The number of nitrogens with zero attached hydrogens (tertiary/aromatic N) is 3. The van der Waals surface area contributed by atoms with E-state index in [1.807, 2.05) is 31.4 Å². The number of ether oxygens (including phenoxy) is 1. The first-order valence-corrected chi connectivity index (χ1v) is 15.4. The van der Waals surface area contributed by atoms with E-state index in [4.69, 9.17) is 9.72 Å². The molecule has 1 amide bonds. The molecule has 0 atom stereocenters. The Hall–Kier alpha value is -1.98. The minimum atomic E-state index is -3.43. The molecule has 0 unspecified atom stereocenters. The third-order valence-corrected chi connectivity index (χ3v) is 9.68. The number of rotatable bonds is 10. The summed E-state index contributed by atoms with van der Waals surface area (Å²) in [4.78, 5) is 23.6. The standard InChI is InChI=1S/C25H31N3O4S3/c1-19-8-10-20(11-9-19)35(30,31)18-4-7-23(29)28(13-12-27-14-16-32-17-15-27)25-26-24-21(33-2)5-3-6-22(24)34-25/h3,5-6,8-11H,4,7,12-18H2,1-2H3. The molecule has 1 aliphatic heterocycles. The predicted octanol–water partition coefficient (Wildman–Crippen LogP) is 4.25. The van der Waals surface area contributed by atoms with Crippen LogP contribution in [0.5, 0.6) is 0 Å². The van der Waals surface area contributed by atoms with E-state index < -0.39 is 9.84 Å². The summed E-state index contributed by atoms with van der Waals surface area (Å²) in [6.45, 7) is 6.23. The number of carbonyl (C=O) groups excluding carboxylic acids is 1. The Morgan fingerprint density at radius 1 is 1.17 bits per heavy atom. The maximum Gasteiger partial charge on any atom is 0.228 e. The molecule has 7 nitrogen and oxygen atoms in total. The summed E-state index contributed by atoms with van der Waals surface area (Å²) in [5.74, 6) is -0.155. The van der Waals surface area contributed by atoms with Gasteiger partial charge < -0.3 is 4.74 Å². The lowest BCUT2D eigenvalue weighted by atomic mass is 10.2. The van der Waals surface area contributed by atoms with E-state index in [1.54, 1.807) is 40.9 Å². The number of thioether (sulfide) groups is 1. The van der Waals surface area contributed by atoms with E-state index in [0.29, 0.717) is 29.8 Å². The number of carbonyl (C=O) groups is 1. The average molecular weight is 534 g/mol. The van der Waals surface area contributed by atoms with Crippen LogP contribution < -0.4 is 4.90 Å². The maximum absolute atomic E-state index is 13.4. The predicted molar refractivity (Wildman–Crippen MR) is 143 cm³/mol. The lowest BCUT2D eigenvalue weighted by Gasteiger charge is -2.29. The van der Waals surface area contributed by atoms with Crippen LogP contribution in [-0.2, 0) is 19.4 Å². The first kappa shape index (κ1) is 26.1. The molecule has 1 aromatic heterocycles. The van der Waals surface area contributed by atoms with Crippen molar-refractivity contribution in [3.05, 3.63) is 48.0 Å². The van der Waals surface area contributed by atoms with Crippen LogP contribution in [0.2, 0.25) is 0 Å². The second kappa shape index (κ2) is 11.8. The molecular formula is C25H31N3O4S3. The van der Waals surface area contributed by atoms with Gasteiger partial charge in [-0.25, -0.2) is 13.4 Å². The van der Waals surface area contributed by atoms with Crippen LogP contribution in [0, 0.1) is 6.92 Å². The molecule has 0 spiro atoms. The van der Waals surface area contributed by atoms with Crippen LogP contribution in [0.25, 0.3) is 10.2 Å². The number of sulfone groups is 1. The van der Waals surface area contributed by atoms with Crippen LogP contribution in [-0.4, -0.2) is 75.6 Å². The van der Waals surface area contributed by atoms with E-state index >= 15 is 0 Å². The van der Waals surface area contributed by atoms with Crippen LogP contribution in [0.1, 0.15) is 18.4 Å². The van der Waals surface area contributed by atoms with E-state index in [1.165, 1.54) is 11.3 Å². The number of anilines is 1. The zero-order valence-corrected chi connectivity index (χ0v) is 22.6. The first-order chi connectivity index (χ1) is 16.9.